The number of aryl methyl sites for hydroxylation is 1. The zero-order chi connectivity index (χ0) is 16.1. The van der Waals surface area contributed by atoms with Crippen molar-refractivity contribution >= 4 is 5.96 Å². The van der Waals surface area contributed by atoms with Crippen LogP contribution in [-0.2, 0) is 6.54 Å². The van der Waals surface area contributed by atoms with Crippen LogP contribution in [0.4, 0.5) is 0 Å². The molecule has 2 aromatic rings. The number of guanidine groups is 1. The van der Waals surface area contributed by atoms with Crippen LogP contribution in [0.3, 0.4) is 0 Å². The lowest BCUT2D eigenvalue weighted by molar-refractivity contribution is 0.314. The standard InChI is InChI=1S/C17H24N6/c1-13-19-9-10-23(13)16-15(7-4-8-20-16)12-22-17(18-2)21-11-14-5-3-6-14/h4,7-10,14H,3,5-6,11-12H2,1-2H3,(H2,18,21,22). The van der Waals surface area contributed by atoms with Crippen molar-refractivity contribution in [2.24, 2.45) is 10.9 Å². The first-order valence-corrected chi connectivity index (χ1v) is 8.16. The van der Waals surface area contributed by atoms with E-state index in [4.69, 9.17) is 0 Å². The Morgan fingerprint density at radius 2 is 2.17 bits per heavy atom. The largest absolute Gasteiger partial charge is 0.356 e. The quantitative estimate of drug-likeness (QED) is 0.655. The van der Waals surface area contributed by atoms with Crippen molar-refractivity contribution in [3.05, 3.63) is 42.1 Å². The summed E-state index contributed by atoms with van der Waals surface area (Å²) in [5.74, 6) is 3.48. The predicted molar refractivity (Wildman–Crippen MR) is 91.6 cm³/mol. The lowest BCUT2D eigenvalue weighted by Gasteiger charge is -2.26. The molecule has 6 nitrogen and oxygen atoms in total. The molecular weight excluding hydrogens is 288 g/mol. The van der Waals surface area contributed by atoms with Gasteiger partial charge in [-0.15, -0.1) is 0 Å². The van der Waals surface area contributed by atoms with Crippen LogP contribution >= 0.6 is 0 Å². The Morgan fingerprint density at radius 1 is 1.30 bits per heavy atom. The topological polar surface area (TPSA) is 67.1 Å². The molecule has 6 heteroatoms. The molecule has 0 unspecified atom stereocenters. The molecule has 0 spiro atoms. The van der Waals surface area contributed by atoms with E-state index in [-0.39, 0.29) is 0 Å². The molecule has 23 heavy (non-hydrogen) atoms. The maximum absolute atomic E-state index is 4.51. The molecule has 0 bridgehead atoms. The summed E-state index contributed by atoms with van der Waals surface area (Å²) in [5.41, 5.74) is 1.11. The summed E-state index contributed by atoms with van der Waals surface area (Å²) >= 11 is 0. The van der Waals surface area contributed by atoms with Crippen LogP contribution in [0.2, 0.25) is 0 Å². The van der Waals surface area contributed by atoms with E-state index in [9.17, 15) is 0 Å². The van der Waals surface area contributed by atoms with Crippen LogP contribution in [0, 0.1) is 12.8 Å². The van der Waals surface area contributed by atoms with Crippen molar-refractivity contribution in [3.63, 3.8) is 0 Å². The monoisotopic (exact) mass is 312 g/mol. The van der Waals surface area contributed by atoms with Gasteiger partial charge in [-0.2, -0.15) is 0 Å². The second-order valence-electron chi connectivity index (χ2n) is 5.93. The molecule has 0 atom stereocenters. The summed E-state index contributed by atoms with van der Waals surface area (Å²) in [6.07, 6.45) is 9.56. The summed E-state index contributed by atoms with van der Waals surface area (Å²) < 4.78 is 2.00. The summed E-state index contributed by atoms with van der Waals surface area (Å²) in [5, 5.41) is 6.78. The van der Waals surface area contributed by atoms with Crippen molar-refractivity contribution in [2.45, 2.75) is 32.7 Å². The van der Waals surface area contributed by atoms with Crippen molar-refractivity contribution in [1.29, 1.82) is 0 Å². The Balaban J connectivity index is 1.64. The fourth-order valence-corrected chi connectivity index (χ4v) is 2.72. The molecule has 2 N–H and O–H groups in total. The number of aliphatic imine (C=N–C) groups is 1. The molecule has 1 saturated carbocycles. The first-order chi connectivity index (χ1) is 11.3. The van der Waals surface area contributed by atoms with E-state index < -0.39 is 0 Å². The fraction of sp³-hybridized carbons (Fsp3) is 0.471. The van der Waals surface area contributed by atoms with Gasteiger partial charge in [0.05, 0.1) is 0 Å². The van der Waals surface area contributed by atoms with Gasteiger partial charge in [-0.25, -0.2) is 9.97 Å². The maximum Gasteiger partial charge on any atom is 0.191 e. The average molecular weight is 312 g/mol. The third-order valence-corrected chi connectivity index (χ3v) is 4.37. The predicted octanol–water partition coefficient (Wildman–Crippen LogP) is 2.04. The molecule has 122 valence electrons. The van der Waals surface area contributed by atoms with Crippen LogP contribution in [-0.4, -0.2) is 34.1 Å². The number of hydrogen-bond donors (Lipinski definition) is 2. The fourth-order valence-electron chi connectivity index (χ4n) is 2.72. The molecule has 0 saturated heterocycles. The molecule has 3 rings (SSSR count). The minimum absolute atomic E-state index is 0.672. The summed E-state index contributed by atoms with van der Waals surface area (Å²) in [4.78, 5) is 13.1. The molecule has 1 aliphatic carbocycles. The molecular formula is C17H24N6. The van der Waals surface area contributed by atoms with Crippen molar-refractivity contribution < 1.29 is 0 Å². The van der Waals surface area contributed by atoms with Gasteiger partial charge in [-0.05, 0) is 31.7 Å². The molecule has 0 aliphatic heterocycles. The van der Waals surface area contributed by atoms with Gasteiger partial charge in [0.1, 0.15) is 11.6 Å². The van der Waals surface area contributed by atoms with Crippen molar-refractivity contribution in [3.8, 4) is 5.82 Å². The van der Waals surface area contributed by atoms with Gasteiger partial charge in [0.25, 0.3) is 0 Å². The molecule has 1 fully saturated rings. The number of pyridine rings is 1. The maximum atomic E-state index is 4.51. The lowest BCUT2D eigenvalue weighted by atomic mass is 9.85. The summed E-state index contributed by atoms with van der Waals surface area (Å²) in [7, 11) is 1.81. The first-order valence-electron chi connectivity index (χ1n) is 8.16. The minimum Gasteiger partial charge on any atom is -0.356 e. The van der Waals surface area contributed by atoms with E-state index in [0.29, 0.717) is 6.54 Å². The Kier molecular flexibility index (Phi) is 4.90. The second-order valence-corrected chi connectivity index (χ2v) is 5.93. The molecule has 2 heterocycles. The van der Waals surface area contributed by atoms with E-state index in [0.717, 1.165) is 35.6 Å². The van der Waals surface area contributed by atoms with Crippen LogP contribution in [0.5, 0.6) is 0 Å². The summed E-state index contributed by atoms with van der Waals surface area (Å²) in [6.45, 7) is 3.65. The van der Waals surface area contributed by atoms with Gasteiger partial charge < -0.3 is 10.6 Å². The lowest BCUT2D eigenvalue weighted by Crippen LogP contribution is -2.40. The highest BCUT2D eigenvalue weighted by Gasteiger charge is 2.17. The van der Waals surface area contributed by atoms with Gasteiger partial charge in [-0.3, -0.25) is 9.56 Å². The van der Waals surface area contributed by atoms with Crippen molar-refractivity contribution in [1.82, 2.24) is 25.2 Å². The molecule has 0 amide bonds. The van der Waals surface area contributed by atoms with Crippen LogP contribution < -0.4 is 10.6 Å². The van der Waals surface area contributed by atoms with Gasteiger partial charge in [-0.1, -0.05) is 12.5 Å². The third-order valence-electron chi connectivity index (χ3n) is 4.37. The van der Waals surface area contributed by atoms with Crippen LogP contribution in [0.25, 0.3) is 5.82 Å². The number of nitrogens with zero attached hydrogens (tertiary/aromatic N) is 4. The normalized spacial score (nSPS) is 15.3. The number of nitrogens with one attached hydrogen (secondary N) is 2. The Morgan fingerprint density at radius 3 is 2.83 bits per heavy atom. The highest BCUT2D eigenvalue weighted by atomic mass is 15.2. The molecule has 0 aromatic carbocycles. The molecule has 0 radical (unpaired) electrons. The number of imidazole rings is 1. The van der Waals surface area contributed by atoms with E-state index in [1.54, 1.807) is 13.2 Å². The minimum atomic E-state index is 0.672. The van der Waals surface area contributed by atoms with E-state index >= 15 is 0 Å². The summed E-state index contributed by atoms with van der Waals surface area (Å²) in [6, 6.07) is 4.03. The molecule has 1 aliphatic rings. The van der Waals surface area contributed by atoms with Crippen LogP contribution in [0.15, 0.2) is 35.7 Å². The third kappa shape index (κ3) is 3.70. The number of aromatic nitrogens is 3. The number of rotatable bonds is 5. The van der Waals surface area contributed by atoms with Gasteiger partial charge >= 0.3 is 0 Å². The molecule has 2 aromatic heterocycles. The smallest absolute Gasteiger partial charge is 0.191 e. The van der Waals surface area contributed by atoms with Crippen LogP contribution in [0.1, 0.15) is 30.7 Å². The SMILES string of the molecule is CN=C(NCc1cccnc1-n1ccnc1C)NCC1CCC1. The van der Waals surface area contributed by atoms with Gasteiger partial charge in [0, 0.05) is 44.3 Å². The average Bonchev–Trinajstić information content (AvgIpc) is 2.95. The Bertz CT molecular complexity index is 671. The highest BCUT2D eigenvalue weighted by Crippen LogP contribution is 2.25. The zero-order valence-electron chi connectivity index (χ0n) is 13.8. The first kappa shape index (κ1) is 15.5. The second kappa shape index (κ2) is 7.26. The van der Waals surface area contributed by atoms with Gasteiger partial charge in [0.2, 0.25) is 0 Å². The van der Waals surface area contributed by atoms with Gasteiger partial charge in [0.15, 0.2) is 5.96 Å². The van der Waals surface area contributed by atoms with E-state index in [2.05, 4.69) is 31.7 Å². The van der Waals surface area contributed by atoms with Crippen molar-refractivity contribution in [2.75, 3.05) is 13.6 Å². The van der Waals surface area contributed by atoms with E-state index in [1.165, 1.54) is 19.3 Å². The Labute approximate surface area is 137 Å². The van der Waals surface area contributed by atoms with E-state index in [1.807, 2.05) is 30.0 Å². The Hall–Kier alpha value is -2.37. The number of hydrogen-bond acceptors (Lipinski definition) is 3. The zero-order valence-corrected chi connectivity index (χ0v) is 13.8. The highest BCUT2D eigenvalue weighted by molar-refractivity contribution is 5.79.